The Morgan fingerprint density at radius 1 is 1.29 bits per heavy atom. The molecule has 0 bridgehead atoms. The third kappa shape index (κ3) is 2.99. The number of aliphatic imine (C=N–C) groups is 1. The second kappa shape index (κ2) is 6.67. The first-order valence-corrected chi connectivity index (χ1v) is 8.90. The number of dihydropyridines is 1. The van der Waals surface area contributed by atoms with Gasteiger partial charge in [-0.2, -0.15) is 0 Å². The third-order valence-electron chi connectivity index (χ3n) is 5.00. The quantitative estimate of drug-likeness (QED) is 0.932. The van der Waals surface area contributed by atoms with E-state index in [0.29, 0.717) is 11.1 Å². The highest BCUT2D eigenvalue weighted by molar-refractivity contribution is 6.30. The topological polar surface area (TPSA) is 44.9 Å². The fourth-order valence-electron chi connectivity index (χ4n) is 3.57. The maximum Gasteiger partial charge on any atom is 0.137 e. The summed E-state index contributed by atoms with van der Waals surface area (Å²) in [6, 6.07) is 4.39. The predicted molar refractivity (Wildman–Crippen MR) is 97.9 cm³/mol. The molecular formula is C18H22ClN5. The molecule has 2 aliphatic rings. The molecule has 0 saturated carbocycles. The average Bonchev–Trinajstić information content (AvgIpc) is 3.05. The molecule has 1 saturated heterocycles. The molecule has 6 heteroatoms. The summed E-state index contributed by atoms with van der Waals surface area (Å²) in [7, 11) is 2.20. The van der Waals surface area contributed by atoms with E-state index >= 15 is 0 Å². The van der Waals surface area contributed by atoms with Crippen LogP contribution in [0.2, 0.25) is 5.02 Å². The number of nitrogens with one attached hydrogen (secondary N) is 1. The van der Waals surface area contributed by atoms with E-state index < -0.39 is 0 Å². The fraction of sp³-hybridized carbons (Fsp3) is 0.444. The number of pyridine rings is 1. The SMILES string of the molecule is CN(C1CCNCC1)C1CC=CC(c2cnc3ccc(Cl)cn23)=N1. The molecule has 126 valence electrons. The summed E-state index contributed by atoms with van der Waals surface area (Å²) in [4.78, 5) is 11.9. The van der Waals surface area contributed by atoms with E-state index in [1.54, 1.807) is 0 Å². The molecule has 0 radical (unpaired) electrons. The lowest BCUT2D eigenvalue weighted by molar-refractivity contribution is 0.147. The number of allylic oxidation sites excluding steroid dienone is 1. The van der Waals surface area contributed by atoms with Crippen LogP contribution in [0.3, 0.4) is 0 Å². The van der Waals surface area contributed by atoms with Crippen LogP contribution >= 0.6 is 11.6 Å². The minimum absolute atomic E-state index is 0.192. The van der Waals surface area contributed by atoms with Crippen LogP contribution in [0, 0.1) is 0 Å². The van der Waals surface area contributed by atoms with Crippen LogP contribution in [0.15, 0.2) is 41.7 Å². The molecule has 0 aliphatic carbocycles. The van der Waals surface area contributed by atoms with Gasteiger partial charge in [-0.1, -0.05) is 17.7 Å². The van der Waals surface area contributed by atoms with Crippen molar-refractivity contribution in [2.75, 3.05) is 20.1 Å². The number of hydrogen-bond acceptors (Lipinski definition) is 4. The van der Waals surface area contributed by atoms with Crippen LogP contribution in [0.25, 0.3) is 5.65 Å². The molecule has 24 heavy (non-hydrogen) atoms. The maximum atomic E-state index is 6.15. The van der Waals surface area contributed by atoms with Crippen LogP contribution in [0.4, 0.5) is 0 Å². The predicted octanol–water partition coefficient (Wildman–Crippen LogP) is 2.75. The Labute approximate surface area is 147 Å². The minimum Gasteiger partial charge on any atom is -0.317 e. The van der Waals surface area contributed by atoms with E-state index in [-0.39, 0.29) is 6.17 Å². The highest BCUT2D eigenvalue weighted by atomic mass is 35.5. The summed E-state index contributed by atoms with van der Waals surface area (Å²) in [5.41, 5.74) is 2.85. The van der Waals surface area contributed by atoms with Gasteiger partial charge in [-0.15, -0.1) is 0 Å². The second-order valence-electron chi connectivity index (χ2n) is 6.50. The van der Waals surface area contributed by atoms with Crippen LogP contribution in [-0.2, 0) is 0 Å². The first-order valence-electron chi connectivity index (χ1n) is 8.52. The van der Waals surface area contributed by atoms with Gasteiger partial charge < -0.3 is 5.32 Å². The monoisotopic (exact) mass is 343 g/mol. The summed E-state index contributed by atoms with van der Waals surface area (Å²) in [5, 5.41) is 4.13. The van der Waals surface area contributed by atoms with Gasteiger partial charge in [0.1, 0.15) is 11.8 Å². The summed E-state index contributed by atoms with van der Waals surface area (Å²) in [5.74, 6) is 0. The Balaban J connectivity index is 1.63. The number of aromatic nitrogens is 2. The van der Waals surface area contributed by atoms with Crippen LogP contribution in [-0.4, -0.2) is 52.3 Å². The van der Waals surface area contributed by atoms with Crippen molar-refractivity contribution in [1.29, 1.82) is 0 Å². The summed E-state index contributed by atoms with van der Waals surface area (Å²) < 4.78 is 2.01. The van der Waals surface area contributed by atoms with Crippen molar-refractivity contribution in [3.8, 4) is 0 Å². The van der Waals surface area contributed by atoms with Crippen LogP contribution in [0.5, 0.6) is 0 Å². The molecule has 5 nitrogen and oxygen atoms in total. The molecule has 0 spiro atoms. The van der Waals surface area contributed by atoms with Gasteiger partial charge in [-0.05, 0) is 51.2 Å². The van der Waals surface area contributed by atoms with Crippen molar-refractivity contribution in [1.82, 2.24) is 19.6 Å². The molecule has 2 aliphatic heterocycles. The van der Waals surface area contributed by atoms with Gasteiger partial charge in [-0.3, -0.25) is 14.3 Å². The van der Waals surface area contributed by atoms with E-state index in [1.807, 2.05) is 28.9 Å². The smallest absolute Gasteiger partial charge is 0.137 e. The lowest BCUT2D eigenvalue weighted by atomic mass is 10.0. The van der Waals surface area contributed by atoms with Crippen molar-refractivity contribution in [3.05, 3.63) is 47.4 Å². The number of hydrogen-bond donors (Lipinski definition) is 1. The van der Waals surface area contributed by atoms with E-state index in [0.717, 1.165) is 36.6 Å². The van der Waals surface area contributed by atoms with Crippen molar-refractivity contribution >= 4 is 23.0 Å². The van der Waals surface area contributed by atoms with Gasteiger partial charge in [0.05, 0.1) is 22.6 Å². The van der Waals surface area contributed by atoms with Crippen molar-refractivity contribution in [3.63, 3.8) is 0 Å². The van der Waals surface area contributed by atoms with E-state index in [1.165, 1.54) is 12.8 Å². The highest BCUT2D eigenvalue weighted by Gasteiger charge is 2.25. The number of piperidine rings is 1. The third-order valence-corrected chi connectivity index (χ3v) is 5.22. The number of rotatable bonds is 3. The zero-order valence-electron chi connectivity index (χ0n) is 13.8. The molecule has 0 amide bonds. The Morgan fingerprint density at radius 2 is 2.12 bits per heavy atom. The molecule has 1 N–H and O–H groups in total. The molecular weight excluding hydrogens is 322 g/mol. The fourth-order valence-corrected chi connectivity index (χ4v) is 3.73. The first kappa shape index (κ1) is 15.8. The largest absolute Gasteiger partial charge is 0.317 e. The lowest BCUT2D eigenvalue weighted by Crippen LogP contribution is -2.45. The van der Waals surface area contributed by atoms with Crippen molar-refractivity contribution < 1.29 is 0 Å². The van der Waals surface area contributed by atoms with Gasteiger partial charge in [0.25, 0.3) is 0 Å². The number of imidazole rings is 1. The summed E-state index contributed by atoms with van der Waals surface area (Å²) >= 11 is 6.15. The standard InChI is InChI=1S/C18H22ClN5/c1-23(14-7-9-20-10-8-14)18-4-2-3-15(22-18)16-11-21-17-6-5-13(19)12-24(16)17/h2-3,5-6,11-12,14,18,20H,4,7-10H2,1H3. The van der Waals surface area contributed by atoms with Gasteiger partial charge >= 0.3 is 0 Å². The molecule has 2 aromatic heterocycles. The molecule has 1 atom stereocenters. The summed E-state index contributed by atoms with van der Waals surface area (Å²) in [6.45, 7) is 2.19. The average molecular weight is 344 g/mol. The Morgan fingerprint density at radius 3 is 2.96 bits per heavy atom. The van der Waals surface area contributed by atoms with Crippen LogP contribution in [0.1, 0.15) is 25.0 Å². The number of fused-ring (bicyclic) bond motifs is 1. The minimum atomic E-state index is 0.192. The van der Waals surface area contributed by atoms with Crippen LogP contribution < -0.4 is 5.32 Å². The van der Waals surface area contributed by atoms with E-state index in [2.05, 4.69) is 34.4 Å². The molecule has 0 aromatic carbocycles. The molecule has 1 unspecified atom stereocenters. The maximum absolute atomic E-state index is 6.15. The zero-order valence-corrected chi connectivity index (χ0v) is 14.6. The van der Waals surface area contributed by atoms with Gasteiger partial charge in [0, 0.05) is 18.7 Å². The Bertz CT molecular complexity index is 788. The zero-order chi connectivity index (χ0) is 16.5. The van der Waals surface area contributed by atoms with Gasteiger partial charge in [0.2, 0.25) is 0 Å². The molecule has 4 heterocycles. The van der Waals surface area contributed by atoms with Crippen molar-refractivity contribution in [2.45, 2.75) is 31.5 Å². The Hall–Kier alpha value is -1.69. The lowest BCUT2D eigenvalue weighted by Gasteiger charge is -2.36. The van der Waals surface area contributed by atoms with Gasteiger partial charge in [-0.25, -0.2) is 4.98 Å². The van der Waals surface area contributed by atoms with Crippen molar-refractivity contribution in [2.24, 2.45) is 4.99 Å². The normalized spacial score (nSPS) is 22.3. The Kier molecular flexibility index (Phi) is 4.39. The van der Waals surface area contributed by atoms with E-state index in [4.69, 9.17) is 16.6 Å². The summed E-state index contributed by atoms with van der Waals surface area (Å²) in [6.07, 6.45) is 11.6. The second-order valence-corrected chi connectivity index (χ2v) is 6.94. The number of halogens is 1. The molecule has 1 fully saturated rings. The van der Waals surface area contributed by atoms with Gasteiger partial charge in [0.15, 0.2) is 0 Å². The number of nitrogens with zero attached hydrogens (tertiary/aromatic N) is 4. The highest BCUT2D eigenvalue weighted by Crippen LogP contribution is 2.21. The molecule has 4 rings (SSSR count). The van der Waals surface area contributed by atoms with E-state index in [9.17, 15) is 0 Å². The molecule has 2 aromatic rings. The first-order chi connectivity index (χ1) is 11.7.